The molecule has 0 aliphatic heterocycles. The van der Waals surface area contributed by atoms with Gasteiger partial charge >= 0.3 is 0 Å². The number of nitrogens with two attached hydrogens (primary N) is 1. The van der Waals surface area contributed by atoms with Crippen molar-refractivity contribution in [1.29, 1.82) is 0 Å². The zero-order valence-corrected chi connectivity index (χ0v) is 12.1. The highest BCUT2D eigenvalue weighted by molar-refractivity contribution is 5.93. The first kappa shape index (κ1) is 13.4. The lowest BCUT2D eigenvalue weighted by Crippen LogP contribution is -2.24. The quantitative estimate of drug-likeness (QED) is 0.655. The van der Waals surface area contributed by atoms with E-state index < -0.39 is 0 Å². The topological polar surface area (TPSA) is 59.6 Å². The number of para-hydroxylation sites is 1. The number of nitrogens with zero attached hydrogens (tertiary/aromatic N) is 1. The summed E-state index contributed by atoms with van der Waals surface area (Å²) in [7, 11) is 1.70. The number of anilines is 1. The van der Waals surface area contributed by atoms with Crippen molar-refractivity contribution in [2.45, 2.75) is 44.8 Å². The number of aliphatic imine (C=N–C) groups is 1. The Bertz CT molecular complexity index is 506. The van der Waals surface area contributed by atoms with Crippen molar-refractivity contribution in [2.75, 3.05) is 12.4 Å². The van der Waals surface area contributed by atoms with Gasteiger partial charge in [-0.1, -0.05) is 31.0 Å². The van der Waals surface area contributed by atoms with E-state index in [1.807, 2.05) is 24.3 Å². The molecule has 2 aliphatic rings. The van der Waals surface area contributed by atoms with E-state index in [2.05, 4.69) is 10.3 Å². The molecule has 20 heavy (non-hydrogen) atoms. The summed E-state index contributed by atoms with van der Waals surface area (Å²) >= 11 is 0. The molecule has 0 heterocycles. The smallest absolute Gasteiger partial charge is 0.193 e. The van der Waals surface area contributed by atoms with E-state index in [0.717, 1.165) is 11.3 Å². The van der Waals surface area contributed by atoms with Crippen LogP contribution in [-0.2, 0) is 11.3 Å². The largest absolute Gasteiger partial charge is 0.380 e. The molecule has 0 amide bonds. The Morgan fingerprint density at radius 2 is 2.15 bits per heavy atom. The molecule has 2 saturated carbocycles. The van der Waals surface area contributed by atoms with Gasteiger partial charge in [0, 0.05) is 18.4 Å². The predicted octanol–water partition coefficient (Wildman–Crippen LogP) is 2.89. The molecule has 4 heteroatoms. The maximum Gasteiger partial charge on any atom is 0.193 e. The maximum absolute atomic E-state index is 6.06. The van der Waals surface area contributed by atoms with Crippen molar-refractivity contribution in [3.8, 4) is 0 Å². The van der Waals surface area contributed by atoms with Crippen LogP contribution in [0.2, 0.25) is 0 Å². The summed E-state index contributed by atoms with van der Waals surface area (Å²) in [5.41, 5.74) is 8.64. The second-order valence-electron chi connectivity index (χ2n) is 6.02. The molecule has 1 spiro atoms. The van der Waals surface area contributed by atoms with Crippen molar-refractivity contribution in [2.24, 2.45) is 16.1 Å². The molecule has 3 rings (SSSR count). The third-order valence-corrected chi connectivity index (χ3v) is 4.62. The minimum atomic E-state index is 0.437. The first-order chi connectivity index (χ1) is 9.73. The van der Waals surface area contributed by atoms with Crippen LogP contribution in [0.1, 0.15) is 37.7 Å². The van der Waals surface area contributed by atoms with Crippen molar-refractivity contribution in [1.82, 2.24) is 0 Å². The second-order valence-corrected chi connectivity index (χ2v) is 6.02. The van der Waals surface area contributed by atoms with Gasteiger partial charge in [0.2, 0.25) is 0 Å². The first-order valence-electron chi connectivity index (χ1n) is 7.41. The molecule has 108 valence electrons. The third-order valence-electron chi connectivity index (χ3n) is 4.62. The minimum Gasteiger partial charge on any atom is -0.380 e. The lowest BCUT2D eigenvalue weighted by atomic mass is 10.1. The lowest BCUT2D eigenvalue weighted by molar-refractivity contribution is 0.185. The summed E-state index contributed by atoms with van der Waals surface area (Å²) in [6.07, 6.45) is 6.59. The molecule has 0 saturated heterocycles. The number of guanidine groups is 1. The molecule has 1 aromatic rings. The van der Waals surface area contributed by atoms with Crippen LogP contribution in [0, 0.1) is 5.41 Å². The van der Waals surface area contributed by atoms with Gasteiger partial charge in [0.05, 0.1) is 12.6 Å². The number of methoxy groups -OCH3 is 1. The zero-order valence-electron chi connectivity index (χ0n) is 12.1. The number of hydrogen-bond acceptors (Lipinski definition) is 2. The Balaban J connectivity index is 1.66. The van der Waals surface area contributed by atoms with Gasteiger partial charge in [0.25, 0.3) is 0 Å². The van der Waals surface area contributed by atoms with Crippen LogP contribution in [-0.4, -0.2) is 19.1 Å². The number of ether oxygens (including phenoxy) is 1. The van der Waals surface area contributed by atoms with Gasteiger partial charge < -0.3 is 15.8 Å². The van der Waals surface area contributed by atoms with Crippen molar-refractivity contribution >= 4 is 11.6 Å². The number of nitrogens with one attached hydrogen (secondary N) is 1. The van der Waals surface area contributed by atoms with E-state index in [0.29, 0.717) is 24.0 Å². The van der Waals surface area contributed by atoms with E-state index in [1.54, 1.807) is 7.11 Å². The van der Waals surface area contributed by atoms with Crippen LogP contribution in [0.4, 0.5) is 5.69 Å². The number of benzene rings is 1. The van der Waals surface area contributed by atoms with Crippen LogP contribution in [0.15, 0.2) is 29.3 Å². The van der Waals surface area contributed by atoms with Gasteiger partial charge in [-0.15, -0.1) is 0 Å². The average molecular weight is 273 g/mol. The summed E-state index contributed by atoms with van der Waals surface area (Å²) < 4.78 is 5.20. The maximum atomic E-state index is 6.06. The molecule has 2 fully saturated rings. The van der Waals surface area contributed by atoms with E-state index in [-0.39, 0.29) is 0 Å². The predicted molar refractivity (Wildman–Crippen MR) is 81.7 cm³/mol. The Hall–Kier alpha value is -1.55. The van der Waals surface area contributed by atoms with Gasteiger partial charge in [-0.05, 0) is 30.7 Å². The van der Waals surface area contributed by atoms with Gasteiger partial charge in [0.15, 0.2) is 5.96 Å². The molecule has 0 radical (unpaired) electrons. The van der Waals surface area contributed by atoms with Crippen LogP contribution >= 0.6 is 0 Å². The summed E-state index contributed by atoms with van der Waals surface area (Å²) in [6, 6.07) is 8.47. The monoisotopic (exact) mass is 273 g/mol. The molecule has 1 unspecified atom stereocenters. The molecule has 4 nitrogen and oxygen atoms in total. The number of hydrogen-bond donors (Lipinski definition) is 2. The Labute approximate surface area is 120 Å². The fourth-order valence-corrected chi connectivity index (χ4v) is 3.39. The van der Waals surface area contributed by atoms with E-state index in [4.69, 9.17) is 10.5 Å². The standard InChI is InChI=1S/C16H23N3O/c1-20-11-12-6-2-3-7-13(12)18-15(17)19-14-10-16(14)8-4-5-9-16/h2-3,6-7,14H,4-5,8-11H2,1H3,(H3,17,18,19). The molecule has 2 aliphatic carbocycles. The molecule has 0 bridgehead atoms. The first-order valence-corrected chi connectivity index (χ1v) is 7.41. The van der Waals surface area contributed by atoms with Crippen molar-refractivity contribution < 1.29 is 4.74 Å². The fraction of sp³-hybridized carbons (Fsp3) is 0.562. The molecule has 1 aromatic carbocycles. The summed E-state index contributed by atoms with van der Waals surface area (Å²) in [6.45, 7) is 0.573. The van der Waals surface area contributed by atoms with E-state index >= 15 is 0 Å². The summed E-state index contributed by atoms with van der Waals surface area (Å²) in [5.74, 6) is 0.530. The molecular formula is C16H23N3O. The third kappa shape index (κ3) is 2.66. The zero-order chi connectivity index (χ0) is 14.0. The average Bonchev–Trinajstić information content (AvgIpc) is 2.86. The van der Waals surface area contributed by atoms with Gasteiger partial charge in [-0.3, -0.25) is 0 Å². The Morgan fingerprint density at radius 3 is 2.90 bits per heavy atom. The van der Waals surface area contributed by atoms with Crippen LogP contribution in [0.3, 0.4) is 0 Å². The lowest BCUT2D eigenvalue weighted by Gasteiger charge is -2.11. The van der Waals surface area contributed by atoms with Crippen LogP contribution in [0.25, 0.3) is 0 Å². The van der Waals surface area contributed by atoms with Gasteiger partial charge in [-0.2, -0.15) is 0 Å². The summed E-state index contributed by atoms with van der Waals surface area (Å²) in [5, 5.41) is 3.22. The highest BCUT2D eigenvalue weighted by atomic mass is 16.5. The molecule has 1 atom stereocenters. The fourth-order valence-electron chi connectivity index (χ4n) is 3.39. The van der Waals surface area contributed by atoms with E-state index in [1.165, 1.54) is 32.1 Å². The second kappa shape index (κ2) is 5.44. The van der Waals surface area contributed by atoms with Crippen molar-refractivity contribution in [3.05, 3.63) is 29.8 Å². The van der Waals surface area contributed by atoms with Gasteiger partial charge in [0.1, 0.15) is 0 Å². The highest BCUT2D eigenvalue weighted by Crippen LogP contribution is 2.59. The van der Waals surface area contributed by atoms with E-state index in [9.17, 15) is 0 Å². The van der Waals surface area contributed by atoms with Crippen LogP contribution in [0.5, 0.6) is 0 Å². The number of rotatable bonds is 4. The Morgan fingerprint density at radius 1 is 1.40 bits per heavy atom. The van der Waals surface area contributed by atoms with Crippen molar-refractivity contribution in [3.63, 3.8) is 0 Å². The SMILES string of the molecule is COCc1ccccc1NC(N)=NC1CC12CCCC2. The summed E-state index contributed by atoms with van der Waals surface area (Å²) in [4.78, 5) is 4.66. The minimum absolute atomic E-state index is 0.437. The molecule has 0 aromatic heterocycles. The normalized spacial score (nSPS) is 24.1. The van der Waals surface area contributed by atoms with Gasteiger partial charge in [-0.25, -0.2) is 4.99 Å². The highest BCUT2D eigenvalue weighted by Gasteiger charge is 2.55. The molecular weight excluding hydrogens is 250 g/mol. The Kier molecular flexibility index (Phi) is 3.66. The molecule has 3 N–H and O–H groups in total. The van der Waals surface area contributed by atoms with Crippen LogP contribution < -0.4 is 11.1 Å².